The summed E-state index contributed by atoms with van der Waals surface area (Å²) in [5.41, 5.74) is 0. The number of hydrogen-bond donors (Lipinski definition) is 0. The molecule has 1 atom stereocenters. The quantitative estimate of drug-likeness (QED) is 0.0346. The highest BCUT2D eigenvalue weighted by Gasteiger charge is 2.17. The molecule has 1 unspecified atom stereocenters. The third-order valence-electron chi connectivity index (χ3n) is 10.5. The Balaban J connectivity index is 4.49. The summed E-state index contributed by atoms with van der Waals surface area (Å²) >= 11 is 0. The molecule has 0 aromatic carbocycles. The maximum atomic E-state index is 12.7. The summed E-state index contributed by atoms with van der Waals surface area (Å²) in [5, 5.41) is 0. The zero-order valence-corrected chi connectivity index (χ0v) is 41.5. The normalized spacial score (nSPS) is 13.2. The van der Waals surface area contributed by atoms with Gasteiger partial charge < -0.3 is 14.2 Å². The summed E-state index contributed by atoms with van der Waals surface area (Å²) in [6, 6.07) is 0. The molecule has 0 aliphatic carbocycles. The molecule has 0 N–H and O–H groups in total. The van der Waals surface area contributed by atoms with E-state index >= 15 is 0 Å². The van der Waals surface area contributed by atoms with Crippen LogP contribution in [0.2, 0.25) is 0 Å². The average Bonchev–Trinajstić information content (AvgIpc) is 3.30. The van der Waals surface area contributed by atoms with Crippen LogP contribution in [0.3, 0.4) is 0 Å². The van der Waals surface area contributed by atoms with Gasteiger partial charge in [0.05, 0.1) is 13.0 Å². The first-order valence-corrected chi connectivity index (χ1v) is 26.1. The van der Waals surface area contributed by atoms with E-state index in [4.69, 9.17) is 14.2 Å². The Morgan fingerprint density at radius 1 is 0.375 bits per heavy atom. The molecule has 0 radical (unpaired) electrons. The molecule has 0 aromatic heterocycles. The first-order chi connectivity index (χ1) is 31.6. The van der Waals surface area contributed by atoms with Crippen molar-refractivity contribution in [2.45, 2.75) is 219 Å². The van der Waals surface area contributed by atoms with Crippen LogP contribution in [0.15, 0.2) is 122 Å². The van der Waals surface area contributed by atoms with Gasteiger partial charge in [0.2, 0.25) is 0 Å². The molecule has 0 aliphatic heterocycles. The third-order valence-corrected chi connectivity index (χ3v) is 10.5. The van der Waals surface area contributed by atoms with Crippen molar-refractivity contribution in [3.63, 3.8) is 0 Å². The monoisotopic (exact) mass is 885 g/mol. The molecule has 0 heterocycles. The van der Waals surface area contributed by atoms with Gasteiger partial charge in [-0.3, -0.25) is 9.59 Å². The smallest absolute Gasteiger partial charge is 0.310 e. The summed E-state index contributed by atoms with van der Waals surface area (Å²) in [5.74, 6) is -0.615. The second-order valence-corrected chi connectivity index (χ2v) is 16.7. The van der Waals surface area contributed by atoms with Gasteiger partial charge in [0.1, 0.15) is 6.61 Å². The Labute approximate surface area is 395 Å². The minimum Gasteiger partial charge on any atom is -0.462 e. The van der Waals surface area contributed by atoms with Gasteiger partial charge in [-0.2, -0.15) is 0 Å². The molecule has 0 amide bonds. The van der Waals surface area contributed by atoms with E-state index in [1.54, 1.807) is 0 Å². The van der Waals surface area contributed by atoms with Crippen molar-refractivity contribution in [1.82, 2.24) is 0 Å². The predicted octanol–water partition coefficient (Wildman–Crippen LogP) is 17.8. The molecule has 0 rings (SSSR count). The van der Waals surface area contributed by atoms with E-state index in [0.29, 0.717) is 19.4 Å². The molecule has 5 heteroatoms. The lowest BCUT2D eigenvalue weighted by Crippen LogP contribution is -2.29. The third kappa shape index (κ3) is 50.9. The molecule has 0 saturated carbocycles. The van der Waals surface area contributed by atoms with E-state index < -0.39 is 6.10 Å². The van der Waals surface area contributed by atoms with Crippen molar-refractivity contribution in [2.75, 3.05) is 19.8 Å². The molecule has 0 fully saturated rings. The maximum absolute atomic E-state index is 12.7. The SMILES string of the molecule is CC/C=C\C/C=C\C/C=C\C/C=C\C/C=C\CCCC(=O)OCC(COCCCCCCCCCCCCCCCCCC)OC(=O)C/C=C\C/C=C\C/C=C\C/C=C\C/C=C\CC. The topological polar surface area (TPSA) is 61.8 Å². The summed E-state index contributed by atoms with van der Waals surface area (Å²) in [4.78, 5) is 25.3. The van der Waals surface area contributed by atoms with Crippen LogP contribution in [0.4, 0.5) is 0 Å². The molecule has 0 spiro atoms. The van der Waals surface area contributed by atoms with Crippen molar-refractivity contribution in [3.05, 3.63) is 122 Å². The Morgan fingerprint density at radius 3 is 1.14 bits per heavy atom. The molecule has 5 nitrogen and oxygen atoms in total. The van der Waals surface area contributed by atoms with Gasteiger partial charge in [-0.1, -0.05) is 239 Å². The van der Waals surface area contributed by atoms with Gasteiger partial charge in [-0.25, -0.2) is 0 Å². The highest BCUT2D eigenvalue weighted by Crippen LogP contribution is 2.14. The van der Waals surface area contributed by atoms with Crippen LogP contribution in [0.1, 0.15) is 213 Å². The minimum atomic E-state index is -0.619. The molecule has 0 saturated heterocycles. The van der Waals surface area contributed by atoms with E-state index in [-0.39, 0.29) is 31.6 Å². The van der Waals surface area contributed by atoms with Crippen LogP contribution in [0, 0.1) is 0 Å². The van der Waals surface area contributed by atoms with E-state index in [2.05, 4.69) is 130 Å². The van der Waals surface area contributed by atoms with Gasteiger partial charge in [-0.05, 0) is 83.5 Å². The fraction of sp³-hybridized carbons (Fsp3) is 0.627. The van der Waals surface area contributed by atoms with Crippen LogP contribution in [0.25, 0.3) is 0 Å². The van der Waals surface area contributed by atoms with Crippen molar-refractivity contribution in [3.8, 4) is 0 Å². The fourth-order valence-electron chi connectivity index (χ4n) is 6.74. The van der Waals surface area contributed by atoms with Gasteiger partial charge in [0, 0.05) is 13.0 Å². The standard InChI is InChI=1S/C59H96O5/c1-4-7-10-13-16-19-22-25-28-30-32-34-37-40-43-46-49-52-58(60)63-56-57(55-62-54-51-48-45-42-39-36-33-29-26-23-20-17-14-11-8-5-2)64-59(61)53-50-47-44-41-38-35-31-27-24-21-18-15-12-9-6-3/h7,9-10,12,16,18-19,21,25,27-28,31-32,34,38,40-41,43,47,50,57H,4-6,8,11,13-15,17,20,22-24,26,29-30,33,35-37,39,42,44-46,48-49,51-56H2,1-3H3/b10-7-,12-9-,19-16-,21-18-,28-25-,31-27-,34-32-,41-38-,43-40-,50-47-. The molecular weight excluding hydrogens is 789 g/mol. The second-order valence-electron chi connectivity index (χ2n) is 16.7. The summed E-state index contributed by atoms with van der Waals surface area (Å²) in [6.45, 7) is 7.43. The van der Waals surface area contributed by atoms with Gasteiger partial charge in [0.25, 0.3) is 0 Å². The lowest BCUT2D eigenvalue weighted by molar-refractivity contribution is -0.162. The predicted molar refractivity (Wildman–Crippen MR) is 279 cm³/mol. The number of rotatable bonds is 46. The summed E-state index contributed by atoms with van der Waals surface area (Å²) < 4.78 is 17.3. The zero-order chi connectivity index (χ0) is 46.3. The minimum absolute atomic E-state index is 0.0108. The molecule has 64 heavy (non-hydrogen) atoms. The second kappa shape index (κ2) is 53.6. The van der Waals surface area contributed by atoms with Crippen molar-refractivity contribution in [1.29, 1.82) is 0 Å². The van der Waals surface area contributed by atoms with Crippen LogP contribution in [-0.4, -0.2) is 37.9 Å². The number of esters is 2. The lowest BCUT2D eigenvalue weighted by Gasteiger charge is -2.18. The number of unbranched alkanes of at least 4 members (excludes halogenated alkanes) is 16. The molecule has 362 valence electrons. The van der Waals surface area contributed by atoms with Gasteiger partial charge in [0.15, 0.2) is 6.10 Å². The molecule has 0 aliphatic rings. The zero-order valence-electron chi connectivity index (χ0n) is 41.5. The first kappa shape index (κ1) is 60.3. The number of carbonyl (C=O) groups is 2. The van der Waals surface area contributed by atoms with Crippen LogP contribution in [0.5, 0.6) is 0 Å². The first-order valence-electron chi connectivity index (χ1n) is 26.1. The largest absolute Gasteiger partial charge is 0.462 e. The van der Waals surface area contributed by atoms with Crippen LogP contribution in [-0.2, 0) is 23.8 Å². The van der Waals surface area contributed by atoms with Crippen molar-refractivity contribution in [2.24, 2.45) is 0 Å². The van der Waals surface area contributed by atoms with Crippen molar-refractivity contribution >= 4 is 11.9 Å². The van der Waals surface area contributed by atoms with E-state index in [1.165, 1.54) is 89.9 Å². The van der Waals surface area contributed by atoms with E-state index in [9.17, 15) is 9.59 Å². The molecule has 0 aromatic rings. The van der Waals surface area contributed by atoms with Gasteiger partial charge >= 0.3 is 11.9 Å². The highest BCUT2D eigenvalue weighted by molar-refractivity contribution is 5.71. The van der Waals surface area contributed by atoms with E-state index in [0.717, 1.165) is 83.5 Å². The van der Waals surface area contributed by atoms with E-state index in [1.807, 2.05) is 12.2 Å². The Hall–Kier alpha value is -3.70. The number of carbonyl (C=O) groups excluding carboxylic acids is 2. The molecule has 0 bridgehead atoms. The van der Waals surface area contributed by atoms with Crippen LogP contribution < -0.4 is 0 Å². The number of hydrogen-bond acceptors (Lipinski definition) is 5. The highest BCUT2D eigenvalue weighted by atomic mass is 16.6. The van der Waals surface area contributed by atoms with Crippen LogP contribution >= 0.6 is 0 Å². The number of ether oxygens (including phenoxy) is 3. The van der Waals surface area contributed by atoms with Crippen molar-refractivity contribution < 1.29 is 23.8 Å². The summed E-state index contributed by atoms with van der Waals surface area (Å²) in [6.07, 6.45) is 75.3. The lowest BCUT2D eigenvalue weighted by atomic mass is 10.0. The Bertz CT molecular complexity index is 1320. The Kier molecular flexibility index (Phi) is 50.5. The number of allylic oxidation sites excluding steroid dienone is 19. The van der Waals surface area contributed by atoms with Gasteiger partial charge in [-0.15, -0.1) is 0 Å². The Morgan fingerprint density at radius 2 is 0.734 bits per heavy atom. The molecular formula is C59H96O5. The maximum Gasteiger partial charge on any atom is 0.310 e. The summed E-state index contributed by atoms with van der Waals surface area (Å²) in [7, 11) is 0. The average molecular weight is 885 g/mol. The fourth-order valence-corrected chi connectivity index (χ4v) is 6.74.